The SMILES string of the molecule is Cn1nc(NC(=O)C(F)(F)F)c2c(Cl)ccc(-c3ccc(C#CC(C)(C)O)nc3[C@H](Cc3cc(F)cc(F)c3)NC(=O)Cn3nc(C(F)F)c4c3C(F)(F)[C@@H]3C[C@H]43)c21. The number of alkyl halides is 7. The van der Waals surface area contributed by atoms with E-state index in [1.807, 2.05) is 0 Å². The highest BCUT2D eigenvalue weighted by Gasteiger charge is 2.67. The Hall–Kier alpha value is -5.61. The average Bonchev–Trinajstić information content (AvgIpc) is 3.65. The number of aryl methyl sites for hydroxylation is 1. The number of fused-ring (bicyclic) bond motifs is 4. The van der Waals surface area contributed by atoms with Gasteiger partial charge in [-0.15, -0.1) is 0 Å². The second-order valence-corrected chi connectivity index (χ2v) is 14.9. The van der Waals surface area contributed by atoms with Crippen molar-refractivity contribution in [3.63, 3.8) is 0 Å². The highest BCUT2D eigenvalue weighted by atomic mass is 35.5. The second kappa shape index (κ2) is 14.3. The topological polar surface area (TPSA) is 127 Å². The fourth-order valence-electron chi connectivity index (χ4n) is 7.25. The largest absolute Gasteiger partial charge is 0.471 e. The number of anilines is 1. The van der Waals surface area contributed by atoms with Crippen molar-refractivity contribution in [3.05, 3.63) is 93.0 Å². The second-order valence-electron chi connectivity index (χ2n) is 14.5. The van der Waals surface area contributed by atoms with E-state index in [-0.39, 0.29) is 56.0 Å². The number of nitrogens with one attached hydrogen (secondary N) is 2. The zero-order valence-electron chi connectivity index (χ0n) is 30.3. The predicted molar refractivity (Wildman–Crippen MR) is 190 cm³/mol. The Morgan fingerprint density at radius 3 is 2.34 bits per heavy atom. The molecule has 3 aromatic heterocycles. The molecule has 304 valence electrons. The Morgan fingerprint density at radius 1 is 1.03 bits per heavy atom. The van der Waals surface area contributed by atoms with Crippen LogP contribution < -0.4 is 10.6 Å². The first-order valence-electron chi connectivity index (χ1n) is 17.3. The van der Waals surface area contributed by atoms with Crippen LogP contribution in [-0.4, -0.2) is 53.2 Å². The number of aromatic nitrogens is 5. The molecule has 0 aliphatic heterocycles. The molecule has 2 aliphatic rings. The van der Waals surface area contributed by atoms with Crippen LogP contribution in [0.15, 0.2) is 42.5 Å². The van der Waals surface area contributed by atoms with E-state index in [9.17, 15) is 45.4 Å². The predicted octanol–water partition coefficient (Wildman–Crippen LogP) is 7.63. The molecule has 3 heterocycles. The first-order valence-corrected chi connectivity index (χ1v) is 17.7. The van der Waals surface area contributed by atoms with E-state index in [0.29, 0.717) is 10.7 Å². The summed E-state index contributed by atoms with van der Waals surface area (Å²) in [6, 6.07) is 6.63. The fourth-order valence-corrected chi connectivity index (χ4v) is 7.49. The third kappa shape index (κ3) is 7.69. The summed E-state index contributed by atoms with van der Waals surface area (Å²) in [7, 11) is 1.34. The average molecular weight is 838 g/mol. The van der Waals surface area contributed by atoms with Crippen LogP contribution in [0.2, 0.25) is 5.02 Å². The summed E-state index contributed by atoms with van der Waals surface area (Å²) in [6.45, 7) is 1.79. The molecule has 0 spiro atoms. The molecule has 0 radical (unpaired) electrons. The number of halogens is 10. The van der Waals surface area contributed by atoms with Gasteiger partial charge in [0.25, 0.3) is 12.3 Å². The molecular weight excluding hydrogens is 809 g/mol. The normalized spacial score (nSPS) is 17.4. The molecule has 0 bridgehead atoms. The number of aliphatic hydroxyl groups is 1. The Kier molecular flexibility index (Phi) is 10.0. The van der Waals surface area contributed by atoms with Crippen LogP contribution in [0.25, 0.3) is 22.0 Å². The molecule has 1 saturated carbocycles. The van der Waals surface area contributed by atoms with E-state index in [1.54, 1.807) is 5.32 Å². The summed E-state index contributed by atoms with van der Waals surface area (Å²) in [5, 5.41) is 22.1. The zero-order valence-corrected chi connectivity index (χ0v) is 31.0. The lowest BCUT2D eigenvalue weighted by molar-refractivity contribution is -0.167. The van der Waals surface area contributed by atoms with E-state index < -0.39 is 95.6 Å². The molecule has 2 amide bonds. The van der Waals surface area contributed by atoms with Crippen molar-refractivity contribution < 1.29 is 54.2 Å². The van der Waals surface area contributed by atoms with Crippen LogP contribution in [0.3, 0.4) is 0 Å². The van der Waals surface area contributed by atoms with Crippen LogP contribution in [0.1, 0.15) is 72.6 Å². The standard InChI is InChI=1S/C38H29ClF9N7O3/c1-36(2,58)9-8-19-4-5-20(21-6-7-24(39)28-31(21)54(3)53-34(28)51-35(57)38(46,47)48)29(49-19)25(12-16-10-17(40)13-18(41)11-16)50-26(56)15-55-32-27(30(52-55)33(42)43)22-14-23(22)37(32,44)45/h4-7,10-11,13,22-23,25,33,58H,12,14-15H2,1-3H3,(H,50,56)(H,51,53,57)/t22-,23+,25-/m0/s1. The number of pyridine rings is 1. The van der Waals surface area contributed by atoms with Crippen molar-refractivity contribution >= 4 is 40.1 Å². The Morgan fingerprint density at radius 2 is 1.71 bits per heavy atom. The van der Waals surface area contributed by atoms with Crippen LogP contribution in [0.4, 0.5) is 45.3 Å². The van der Waals surface area contributed by atoms with E-state index in [1.165, 1.54) is 45.2 Å². The lowest BCUT2D eigenvalue weighted by atomic mass is 9.93. The van der Waals surface area contributed by atoms with Gasteiger partial charge in [0.1, 0.15) is 40.9 Å². The van der Waals surface area contributed by atoms with Gasteiger partial charge in [-0.2, -0.15) is 32.1 Å². The fraction of sp³-hybridized carbons (Fsp3) is 0.342. The monoisotopic (exact) mass is 837 g/mol. The molecule has 58 heavy (non-hydrogen) atoms. The van der Waals surface area contributed by atoms with Gasteiger partial charge >= 0.3 is 12.1 Å². The third-order valence-corrected chi connectivity index (χ3v) is 9.94. The van der Waals surface area contributed by atoms with Crippen molar-refractivity contribution in [2.75, 3.05) is 5.32 Å². The van der Waals surface area contributed by atoms with Crippen molar-refractivity contribution in [1.82, 2.24) is 29.9 Å². The number of hydrogen-bond donors (Lipinski definition) is 3. The number of benzene rings is 2. The summed E-state index contributed by atoms with van der Waals surface area (Å²) in [4.78, 5) is 30.4. The van der Waals surface area contributed by atoms with Gasteiger partial charge in [-0.3, -0.25) is 19.0 Å². The van der Waals surface area contributed by atoms with Gasteiger partial charge in [0.15, 0.2) is 5.82 Å². The molecule has 0 saturated heterocycles. The van der Waals surface area contributed by atoms with Gasteiger partial charge in [0.2, 0.25) is 5.91 Å². The molecule has 2 aliphatic carbocycles. The molecule has 3 atom stereocenters. The number of amides is 2. The van der Waals surface area contributed by atoms with E-state index in [4.69, 9.17) is 11.6 Å². The first kappa shape index (κ1) is 40.6. The summed E-state index contributed by atoms with van der Waals surface area (Å²) in [5.74, 6) is -6.28. The summed E-state index contributed by atoms with van der Waals surface area (Å²) < 4.78 is 129. The minimum absolute atomic E-state index is 0.00997. The van der Waals surface area contributed by atoms with Gasteiger partial charge in [-0.05, 0) is 74.4 Å². The van der Waals surface area contributed by atoms with Gasteiger partial charge in [0, 0.05) is 35.7 Å². The third-order valence-electron chi connectivity index (χ3n) is 9.63. The Balaban J connectivity index is 1.38. The van der Waals surface area contributed by atoms with Crippen LogP contribution in [0, 0.1) is 29.4 Å². The van der Waals surface area contributed by atoms with Crippen LogP contribution in [-0.2, 0) is 35.5 Å². The highest BCUT2D eigenvalue weighted by molar-refractivity contribution is 6.37. The van der Waals surface area contributed by atoms with Gasteiger partial charge in [-0.25, -0.2) is 22.5 Å². The van der Waals surface area contributed by atoms with E-state index >= 15 is 8.78 Å². The van der Waals surface area contributed by atoms with Crippen LogP contribution in [0.5, 0.6) is 0 Å². The summed E-state index contributed by atoms with van der Waals surface area (Å²) in [6.07, 6.45) is -8.96. The molecule has 20 heteroatoms. The molecule has 5 aromatic rings. The van der Waals surface area contributed by atoms with Crippen LogP contribution >= 0.6 is 11.6 Å². The lowest BCUT2D eigenvalue weighted by Gasteiger charge is -2.23. The molecule has 1 fully saturated rings. The lowest BCUT2D eigenvalue weighted by Crippen LogP contribution is -2.35. The molecular formula is C38H29ClF9N7O3. The van der Waals surface area contributed by atoms with E-state index in [0.717, 1.165) is 16.8 Å². The van der Waals surface area contributed by atoms with Crippen molar-refractivity contribution in [3.8, 4) is 23.0 Å². The van der Waals surface area contributed by atoms with Crippen molar-refractivity contribution in [2.45, 2.75) is 69.3 Å². The minimum atomic E-state index is -5.29. The van der Waals surface area contributed by atoms with Gasteiger partial charge in [0.05, 0.1) is 27.7 Å². The van der Waals surface area contributed by atoms with Crippen molar-refractivity contribution in [2.24, 2.45) is 13.0 Å². The zero-order chi connectivity index (χ0) is 42.2. The maximum absolute atomic E-state index is 15.4. The number of carbonyl (C=O) groups is 2. The van der Waals surface area contributed by atoms with Crippen molar-refractivity contribution in [1.29, 1.82) is 0 Å². The number of carbonyl (C=O) groups excluding carboxylic acids is 2. The van der Waals surface area contributed by atoms with Gasteiger partial charge < -0.3 is 15.7 Å². The number of hydrogen-bond acceptors (Lipinski definition) is 6. The van der Waals surface area contributed by atoms with Gasteiger partial charge in [-0.1, -0.05) is 23.6 Å². The summed E-state index contributed by atoms with van der Waals surface area (Å²) in [5.41, 5.74) is -3.32. The maximum atomic E-state index is 15.4. The molecule has 7 rings (SSSR count). The smallest absolute Gasteiger partial charge is 0.378 e. The first-order chi connectivity index (χ1) is 27.0. The number of rotatable bonds is 9. The van der Waals surface area contributed by atoms with E-state index in [2.05, 4.69) is 32.3 Å². The Labute approximate surface area is 327 Å². The quantitative estimate of drug-likeness (QED) is 0.104. The Bertz CT molecular complexity index is 2550. The maximum Gasteiger partial charge on any atom is 0.471 e. The minimum Gasteiger partial charge on any atom is -0.378 e. The molecule has 10 nitrogen and oxygen atoms in total. The molecule has 2 aromatic carbocycles. The molecule has 0 unspecified atom stereocenters. The molecule has 3 N–H and O–H groups in total. The highest BCUT2D eigenvalue weighted by Crippen LogP contribution is 2.68. The number of nitrogens with zero attached hydrogens (tertiary/aromatic N) is 5. The summed E-state index contributed by atoms with van der Waals surface area (Å²) >= 11 is 6.44.